The van der Waals surface area contributed by atoms with Crippen LogP contribution >= 0.6 is 0 Å². The van der Waals surface area contributed by atoms with Crippen molar-refractivity contribution in [3.63, 3.8) is 0 Å². The number of nitrogens with zero attached hydrogens (tertiary/aromatic N) is 2. The summed E-state index contributed by atoms with van der Waals surface area (Å²) in [6, 6.07) is 7.08. The van der Waals surface area contributed by atoms with Crippen LogP contribution in [0.1, 0.15) is 10.4 Å². The predicted octanol–water partition coefficient (Wildman–Crippen LogP) is 0.106. The third kappa shape index (κ3) is 2.57. The second kappa shape index (κ2) is 5.29. The van der Waals surface area contributed by atoms with Gasteiger partial charge in [0.2, 0.25) is 5.91 Å². The van der Waals surface area contributed by atoms with Crippen molar-refractivity contribution in [1.82, 2.24) is 4.90 Å². The molecule has 0 radical (unpaired) electrons. The predicted molar refractivity (Wildman–Crippen MR) is 69.7 cm³/mol. The average Bonchev–Trinajstić information content (AvgIpc) is 2.38. The Bertz CT molecular complexity index is 473. The van der Waals surface area contributed by atoms with E-state index < -0.39 is 0 Å². The number of nitrogens with two attached hydrogens (primary N) is 1. The molecule has 0 unspecified atom stereocenters. The monoisotopic (exact) mass is 247 g/mol. The van der Waals surface area contributed by atoms with Crippen molar-refractivity contribution in [2.45, 2.75) is 0 Å². The van der Waals surface area contributed by atoms with Crippen LogP contribution in [0.25, 0.3) is 0 Å². The molecule has 1 heterocycles. The van der Waals surface area contributed by atoms with Gasteiger partial charge in [-0.1, -0.05) is 12.1 Å². The molecule has 1 aromatic carbocycles. The standard InChI is InChI=1S/C13H17N3O2/c1-15-5-6-16(13(18)9-15)11-4-2-3-10(7-11)12(17)8-14/h2-4,7H,5-6,8-9,14H2,1H3. The maximum atomic E-state index is 11.9. The molecule has 0 aromatic heterocycles. The lowest BCUT2D eigenvalue weighted by molar-refractivity contribution is -0.120. The minimum absolute atomic E-state index is 0.0138. The van der Waals surface area contributed by atoms with Gasteiger partial charge in [-0.2, -0.15) is 0 Å². The Kier molecular flexibility index (Phi) is 3.74. The van der Waals surface area contributed by atoms with Gasteiger partial charge in [0.1, 0.15) is 0 Å². The summed E-state index contributed by atoms with van der Waals surface area (Å²) in [5.74, 6) is -0.0560. The number of rotatable bonds is 3. The first-order valence-electron chi connectivity index (χ1n) is 5.94. The molecule has 1 fully saturated rings. The van der Waals surface area contributed by atoms with Gasteiger partial charge in [0.05, 0.1) is 13.1 Å². The van der Waals surface area contributed by atoms with Gasteiger partial charge in [0.15, 0.2) is 5.78 Å². The maximum absolute atomic E-state index is 11.9. The van der Waals surface area contributed by atoms with Gasteiger partial charge in [0.25, 0.3) is 0 Å². The van der Waals surface area contributed by atoms with E-state index >= 15 is 0 Å². The van der Waals surface area contributed by atoms with Gasteiger partial charge in [-0.25, -0.2) is 0 Å². The number of Topliss-reactive ketones (excluding diaryl/α,β-unsaturated/α-hetero) is 1. The quantitative estimate of drug-likeness (QED) is 0.770. The van der Waals surface area contributed by atoms with Crippen LogP contribution in [-0.2, 0) is 4.79 Å². The first-order chi connectivity index (χ1) is 8.61. The molecule has 1 aliphatic rings. The summed E-state index contributed by atoms with van der Waals surface area (Å²) < 4.78 is 0. The smallest absolute Gasteiger partial charge is 0.241 e. The fourth-order valence-electron chi connectivity index (χ4n) is 2.03. The number of piperazine rings is 1. The summed E-state index contributed by atoms with van der Waals surface area (Å²) in [5, 5.41) is 0. The van der Waals surface area contributed by atoms with Gasteiger partial charge < -0.3 is 10.6 Å². The molecule has 5 heteroatoms. The molecule has 1 saturated heterocycles. The molecule has 0 atom stereocenters. The SMILES string of the molecule is CN1CCN(c2cccc(C(=O)CN)c2)C(=O)C1. The fourth-order valence-corrected chi connectivity index (χ4v) is 2.03. The first-order valence-corrected chi connectivity index (χ1v) is 5.94. The Morgan fingerprint density at radius 2 is 2.17 bits per heavy atom. The molecule has 5 nitrogen and oxygen atoms in total. The number of amides is 1. The second-order valence-electron chi connectivity index (χ2n) is 4.46. The topological polar surface area (TPSA) is 66.6 Å². The van der Waals surface area contributed by atoms with Crippen LogP contribution in [0.2, 0.25) is 0 Å². The lowest BCUT2D eigenvalue weighted by atomic mass is 10.1. The van der Waals surface area contributed by atoms with Crippen molar-refractivity contribution in [1.29, 1.82) is 0 Å². The zero-order valence-corrected chi connectivity index (χ0v) is 10.4. The second-order valence-corrected chi connectivity index (χ2v) is 4.46. The molecule has 1 amide bonds. The largest absolute Gasteiger partial charge is 0.324 e. The highest BCUT2D eigenvalue weighted by Crippen LogP contribution is 2.18. The normalized spacial score (nSPS) is 17.0. The summed E-state index contributed by atoms with van der Waals surface area (Å²) in [7, 11) is 1.92. The summed E-state index contributed by atoms with van der Waals surface area (Å²) in [6.07, 6.45) is 0. The van der Waals surface area contributed by atoms with Gasteiger partial charge in [-0.3, -0.25) is 14.5 Å². The van der Waals surface area contributed by atoms with Crippen LogP contribution in [0, 0.1) is 0 Å². The number of hydrogen-bond acceptors (Lipinski definition) is 4. The molecule has 96 valence electrons. The van der Waals surface area contributed by atoms with E-state index in [1.54, 1.807) is 23.1 Å². The van der Waals surface area contributed by atoms with Gasteiger partial charge in [-0.05, 0) is 19.2 Å². The molecule has 1 aromatic rings. The van der Waals surface area contributed by atoms with Gasteiger partial charge in [-0.15, -0.1) is 0 Å². The third-order valence-corrected chi connectivity index (χ3v) is 3.08. The van der Waals surface area contributed by atoms with Crippen LogP contribution in [0.4, 0.5) is 5.69 Å². The molecular weight excluding hydrogens is 230 g/mol. The molecule has 18 heavy (non-hydrogen) atoms. The van der Waals surface area contributed by atoms with Crippen molar-refractivity contribution in [2.75, 3.05) is 38.1 Å². The summed E-state index contributed by atoms with van der Waals surface area (Å²) in [6.45, 7) is 1.88. The molecular formula is C13H17N3O2. The zero-order chi connectivity index (χ0) is 13.1. The lowest BCUT2D eigenvalue weighted by Gasteiger charge is -2.32. The number of ketones is 1. The lowest BCUT2D eigenvalue weighted by Crippen LogP contribution is -2.48. The molecule has 2 rings (SSSR count). The van der Waals surface area contributed by atoms with E-state index in [2.05, 4.69) is 0 Å². The average molecular weight is 247 g/mol. The molecule has 0 bridgehead atoms. The molecule has 0 saturated carbocycles. The Hall–Kier alpha value is -1.72. The summed E-state index contributed by atoms with van der Waals surface area (Å²) >= 11 is 0. The Labute approximate surface area is 106 Å². The Morgan fingerprint density at radius 1 is 1.39 bits per heavy atom. The third-order valence-electron chi connectivity index (χ3n) is 3.08. The maximum Gasteiger partial charge on any atom is 0.241 e. The van der Waals surface area contributed by atoms with E-state index in [0.717, 1.165) is 12.2 Å². The minimum atomic E-state index is -0.113. The minimum Gasteiger partial charge on any atom is -0.324 e. The van der Waals surface area contributed by atoms with Crippen molar-refractivity contribution in [3.05, 3.63) is 29.8 Å². The molecule has 2 N–H and O–H groups in total. The van der Waals surface area contributed by atoms with Crippen LogP contribution in [0.5, 0.6) is 0 Å². The Balaban J connectivity index is 2.23. The van der Waals surface area contributed by atoms with E-state index in [9.17, 15) is 9.59 Å². The van der Waals surface area contributed by atoms with Crippen molar-refractivity contribution in [2.24, 2.45) is 5.73 Å². The number of carbonyl (C=O) groups is 2. The Morgan fingerprint density at radius 3 is 2.83 bits per heavy atom. The van der Waals surface area contributed by atoms with Crippen LogP contribution in [-0.4, -0.2) is 49.8 Å². The van der Waals surface area contributed by atoms with E-state index in [1.165, 1.54) is 0 Å². The highest BCUT2D eigenvalue weighted by atomic mass is 16.2. The molecule has 1 aliphatic heterocycles. The highest BCUT2D eigenvalue weighted by molar-refractivity contribution is 6.00. The number of anilines is 1. The summed E-state index contributed by atoms with van der Waals surface area (Å²) in [4.78, 5) is 27.2. The number of benzene rings is 1. The highest BCUT2D eigenvalue weighted by Gasteiger charge is 2.23. The molecule has 0 aliphatic carbocycles. The van der Waals surface area contributed by atoms with Gasteiger partial charge in [0, 0.05) is 24.3 Å². The van der Waals surface area contributed by atoms with Crippen molar-refractivity contribution in [3.8, 4) is 0 Å². The number of carbonyl (C=O) groups excluding carboxylic acids is 2. The first kappa shape index (κ1) is 12.7. The fraction of sp³-hybridized carbons (Fsp3) is 0.385. The van der Waals surface area contributed by atoms with Crippen molar-refractivity contribution >= 4 is 17.4 Å². The summed E-state index contributed by atoms with van der Waals surface area (Å²) in [5.41, 5.74) is 6.67. The van der Waals surface area contributed by atoms with Crippen LogP contribution in [0.3, 0.4) is 0 Å². The van der Waals surface area contributed by atoms with Crippen LogP contribution < -0.4 is 10.6 Å². The van der Waals surface area contributed by atoms with E-state index in [0.29, 0.717) is 18.7 Å². The zero-order valence-electron chi connectivity index (χ0n) is 10.4. The van der Waals surface area contributed by atoms with Crippen molar-refractivity contribution < 1.29 is 9.59 Å². The van der Waals surface area contributed by atoms with E-state index in [-0.39, 0.29) is 18.2 Å². The van der Waals surface area contributed by atoms with Gasteiger partial charge >= 0.3 is 0 Å². The molecule has 0 spiro atoms. The van der Waals surface area contributed by atoms with E-state index in [1.807, 2.05) is 18.0 Å². The van der Waals surface area contributed by atoms with E-state index in [4.69, 9.17) is 5.73 Å². The number of likely N-dealkylation sites (N-methyl/N-ethyl adjacent to an activating group) is 1. The number of hydrogen-bond donors (Lipinski definition) is 1. The van der Waals surface area contributed by atoms with Crippen LogP contribution in [0.15, 0.2) is 24.3 Å².